The van der Waals surface area contributed by atoms with Crippen LogP contribution in [0.5, 0.6) is 0 Å². The molecule has 0 rings (SSSR count). The van der Waals surface area contributed by atoms with Crippen LogP contribution in [-0.4, -0.2) is 31.1 Å². The SMILES string of the molecule is CCCCOC(=O)C(C)(C)OS(=O)(=O)O. The number of esters is 1. The molecule has 0 amide bonds. The van der Waals surface area contributed by atoms with E-state index in [1.165, 1.54) is 13.8 Å². The molecule has 6 nitrogen and oxygen atoms in total. The van der Waals surface area contributed by atoms with Gasteiger partial charge in [0.1, 0.15) is 0 Å². The van der Waals surface area contributed by atoms with Crippen molar-refractivity contribution in [2.24, 2.45) is 0 Å². The van der Waals surface area contributed by atoms with E-state index in [0.717, 1.165) is 6.42 Å². The first kappa shape index (κ1) is 14.3. The average molecular weight is 240 g/mol. The molecule has 90 valence electrons. The summed E-state index contributed by atoms with van der Waals surface area (Å²) in [5.41, 5.74) is -1.71. The van der Waals surface area contributed by atoms with Crippen LogP contribution < -0.4 is 0 Å². The Balaban J connectivity index is 4.27. The lowest BCUT2D eigenvalue weighted by Crippen LogP contribution is -2.38. The fourth-order valence-electron chi connectivity index (χ4n) is 0.780. The lowest BCUT2D eigenvalue weighted by molar-refractivity contribution is -0.159. The van der Waals surface area contributed by atoms with Crippen molar-refractivity contribution in [3.8, 4) is 0 Å². The largest absolute Gasteiger partial charge is 0.464 e. The molecule has 0 radical (unpaired) electrons. The Bertz CT molecular complexity index is 305. The van der Waals surface area contributed by atoms with E-state index < -0.39 is 22.0 Å². The zero-order chi connectivity index (χ0) is 12.1. The maximum absolute atomic E-state index is 11.3. The summed E-state index contributed by atoms with van der Waals surface area (Å²) < 4.78 is 38.2. The van der Waals surface area contributed by atoms with Crippen molar-refractivity contribution < 1.29 is 26.7 Å². The van der Waals surface area contributed by atoms with Crippen LogP contribution in [0.3, 0.4) is 0 Å². The molecule has 0 aliphatic carbocycles. The van der Waals surface area contributed by atoms with Crippen molar-refractivity contribution in [2.75, 3.05) is 6.61 Å². The summed E-state index contributed by atoms with van der Waals surface area (Å²) >= 11 is 0. The van der Waals surface area contributed by atoms with Gasteiger partial charge in [-0.05, 0) is 20.3 Å². The minimum atomic E-state index is -4.66. The number of hydrogen-bond donors (Lipinski definition) is 1. The molecule has 0 aromatic heterocycles. The van der Waals surface area contributed by atoms with Crippen LogP contribution in [0.4, 0.5) is 0 Å². The molecule has 0 fully saturated rings. The number of hydrogen-bond acceptors (Lipinski definition) is 5. The highest BCUT2D eigenvalue weighted by Gasteiger charge is 2.35. The van der Waals surface area contributed by atoms with Crippen molar-refractivity contribution in [3.63, 3.8) is 0 Å². The molecule has 0 aromatic carbocycles. The molecule has 15 heavy (non-hydrogen) atoms. The first-order chi connectivity index (χ1) is 6.69. The summed E-state index contributed by atoms with van der Waals surface area (Å²) in [4.78, 5) is 11.3. The van der Waals surface area contributed by atoms with E-state index in [-0.39, 0.29) is 6.61 Å². The number of unbranched alkanes of at least 4 members (excludes halogenated alkanes) is 1. The molecule has 0 saturated heterocycles. The van der Waals surface area contributed by atoms with Crippen LogP contribution in [0, 0.1) is 0 Å². The molecule has 0 bridgehead atoms. The van der Waals surface area contributed by atoms with Crippen molar-refractivity contribution in [1.29, 1.82) is 0 Å². The van der Waals surface area contributed by atoms with Gasteiger partial charge in [0, 0.05) is 0 Å². The van der Waals surface area contributed by atoms with Gasteiger partial charge in [-0.2, -0.15) is 8.42 Å². The Morgan fingerprint density at radius 1 is 1.40 bits per heavy atom. The summed E-state index contributed by atoms with van der Waals surface area (Å²) in [6, 6.07) is 0. The summed E-state index contributed by atoms with van der Waals surface area (Å²) in [5.74, 6) is -0.825. The molecule has 0 unspecified atom stereocenters. The van der Waals surface area contributed by atoms with Crippen LogP contribution in [0.2, 0.25) is 0 Å². The van der Waals surface area contributed by atoms with Crippen LogP contribution in [0.15, 0.2) is 0 Å². The van der Waals surface area contributed by atoms with Crippen LogP contribution in [-0.2, 0) is 24.1 Å². The highest BCUT2D eigenvalue weighted by Crippen LogP contribution is 2.14. The van der Waals surface area contributed by atoms with Gasteiger partial charge >= 0.3 is 16.4 Å². The van der Waals surface area contributed by atoms with Gasteiger partial charge in [0.05, 0.1) is 6.61 Å². The molecular formula is C8H16O6S. The van der Waals surface area contributed by atoms with Crippen LogP contribution in [0.25, 0.3) is 0 Å². The average Bonchev–Trinajstić information content (AvgIpc) is 2.00. The molecule has 0 aliphatic heterocycles. The van der Waals surface area contributed by atoms with Gasteiger partial charge in [-0.3, -0.25) is 4.55 Å². The highest BCUT2D eigenvalue weighted by molar-refractivity contribution is 7.81. The third-order valence-electron chi connectivity index (χ3n) is 1.54. The summed E-state index contributed by atoms with van der Waals surface area (Å²) in [6.07, 6.45) is 1.54. The quantitative estimate of drug-likeness (QED) is 0.422. The third-order valence-corrected chi connectivity index (χ3v) is 2.16. The second-order valence-electron chi connectivity index (χ2n) is 3.51. The van der Waals surface area contributed by atoms with Gasteiger partial charge in [-0.25, -0.2) is 8.98 Å². The monoisotopic (exact) mass is 240 g/mol. The standard InChI is InChI=1S/C8H16O6S/c1-4-5-6-13-7(9)8(2,3)14-15(10,11)12/h4-6H2,1-3H3,(H,10,11,12). The molecule has 1 N–H and O–H groups in total. The molecule has 0 aromatic rings. The van der Waals surface area contributed by atoms with Crippen LogP contribution >= 0.6 is 0 Å². The predicted molar refractivity (Wildman–Crippen MR) is 52.6 cm³/mol. The summed E-state index contributed by atoms with van der Waals surface area (Å²) in [5, 5.41) is 0. The topological polar surface area (TPSA) is 89.9 Å². The number of carbonyl (C=O) groups excluding carboxylic acids is 1. The summed E-state index contributed by atoms with van der Waals surface area (Å²) in [7, 11) is -4.66. The third kappa shape index (κ3) is 6.43. The zero-order valence-corrected chi connectivity index (χ0v) is 9.83. The second kappa shape index (κ2) is 5.43. The lowest BCUT2D eigenvalue weighted by Gasteiger charge is -2.20. The van der Waals surface area contributed by atoms with Gasteiger partial charge in [0.25, 0.3) is 0 Å². The van der Waals surface area contributed by atoms with E-state index >= 15 is 0 Å². The Morgan fingerprint density at radius 3 is 2.33 bits per heavy atom. The van der Waals surface area contributed by atoms with Crippen LogP contribution in [0.1, 0.15) is 33.6 Å². The van der Waals surface area contributed by atoms with Gasteiger partial charge < -0.3 is 4.74 Å². The van der Waals surface area contributed by atoms with Gasteiger partial charge in [-0.15, -0.1) is 0 Å². The number of ether oxygens (including phenoxy) is 1. The van der Waals surface area contributed by atoms with Crippen molar-refractivity contribution in [3.05, 3.63) is 0 Å². The Labute approximate surface area is 89.5 Å². The van der Waals surface area contributed by atoms with Crippen molar-refractivity contribution in [1.82, 2.24) is 0 Å². The van der Waals surface area contributed by atoms with Gasteiger partial charge in [0.15, 0.2) is 5.60 Å². The summed E-state index contributed by atoms with van der Waals surface area (Å²) in [6.45, 7) is 4.53. The number of rotatable bonds is 6. The minimum Gasteiger partial charge on any atom is -0.464 e. The van der Waals surface area contributed by atoms with E-state index in [4.69, 9.17) is 9.29 Å². The van der Waals surface area contributed by atoms with E-state index in [1.54, 1.807) is 0 Å². The van der Waals surface area contributed by atoms with Gasteiger partial charge in [-0.1, -0.05) is 13.3 Å². The molecular weight excluding hydrogens is 224 g/mol. The Hall–Kier alpha value is -0.660. The predicted octanol–water partition coefficient (Wildman–Crippen LogP) is 0.928. The first-order valence-corrected chi connectivity index (χ1v) is 5.91. The fraction of sp³-hybridized carbons (Fsp3) is 0.875. The fourth-order valence-corrected chi connectivity index (χ4v) is 1.37. The van der Waals surface area contributed by atoms with E-state index in [1.807, 2.05) is 6.92 Å². The first-order valence-electron chi connectivity index (χ1n) is 4.54. The number of carbonyl (C=O) groups is 1. The maximum atomic E-state index is 11.3. The molecule has 0 aliphatic rings. The molecule has 0 spiro atoms. The van der Waals surface area contributed by atoms with Crippen molar-refractivity contribution in [2.45, 2.75) is 39.2 Å². The van der Waals surface area contributed by atoms with Crippen molar-refractivity contribution >= 4 is 16.4 Å². The van der Waals surface area contributed by atoms with E-state index in [0.29, 0.717) is 6.42 Å². The Kier molecular flexibility index (Phi) is 5.19. The smallest absolute Gasteiger partial charge is 0.398 e. The highest BCUT2D eigenvalue weighted by atomic mass is 32.3. The lowest BCUT2D eigenvalue weighted by atomic mass is 10.1. The Morgan fingerprint density at radius 2 is 1.93 bits per heavy atom. The molecule has 0 saturated carbocycles. The van der Waals surface area contributed by atoms with E-state index in [9.17, 15) is 13.2 Å². The molecule has 7 heteroatoms. The molecule has 0 atom stereocenters. The zero-order valence-electron chi connectivity index (χ0n) is 9.02. The maximum Gasteiger partial charge on any atom is 0.398 e. The van der Waals surface area contributed by atoms with E-state index in [2.05, 4.69) is 4.18 Å². The molecule has 0 heterocycles. The normalized spacial score (nSPS) is 12.5. The second-order valence-corrected chi connectivity index (χ2v) is 4.53. The minimum absolute atomic E-state index is 0.202. The van der Waals surface area contributed by atoms with Gasteiger partial charge in [0.2, 0.25) is 0 Å².